The monoisotopic (exact) mass is 263 g/mol. The normalized spacial score (nSPS) is 29.1. The Kier molecular flexibility index (Phi) is 3.62. The molecular formula is C15H21NO3. The second kappa shape index (κ2) is 5.39. The van der Waals surface area contributed by atoms with Crippen molar-refractivity contribution < 1.29 is 14.6 Å². The highest BCUT2D eigenvalue weighted by molar-refractivity contribution is 5.43. The van der Waals surface area contributed by atoms with Crippen LogP contribution in [-0.4, -0.2) is 31.5 Å². The molecule has 19 heavy (non-hydrogen) atoms. The Morgan fingerprint density at radius 2 is 2.26 bits per heavy atom. The molecule has 4 heteroatoms. The van der Waals surface area contributed by atoms with Crippen molar-refractivity contribution in [2.45, 2.75) is 31.4 Å². The van der Waals surface area contributed by atoms with E-state index in [9.17, 15) is 5.11 Å². The van der Waals surface area contributed by atoms with E-state index in [2.05, 4.69) is 11.4 Å². The average molecular weight is 263 g/mol. The third kappa shape index (κ3) is 2.69. The number of aliphatic hydroxyl groups is 1. The molecule has 104 valence electrons. The highest BCUT2D eigenvalue weighted by atomic mass is 16.5. The second-order valence-electron chi connectivity index (χ2n) is 5.49. The molecule has 0 amide bonds. The molecule has 4 nitrogen and oxygen atoms in total. The topological polar surface area (TPSA) is 50.7 Å². The Balaban J connectivity index is 1.66. The Labute approximate surface area is 113 Å². The van der Waals surface area contributed by atoms with E-state index in [0.717, 1.165) is 43.9 Å². The number of benzene rings is 1. The molecule has 1 atom stereocenters. The van der Waals surface area contributed by atoms with Crippen molar-refractivity contribution >= 4 is 0 Å². The number of rotatable bonds is 4. The molecule has 1 heterocycles. The van der Waals surface area contributed by atoms with Crippen molar-refractivity contribution in [2.75, 3.05) is 20.3 Å². The maximum atomic E-state index is 9.32. The van der Waals surface area contributed by atoms with Gasteiger partial charge in [0.1, 0.15) is 11.5 Å². The van der Waals surface area contributed by atoms with Gasteiger partial charge in [-0.3, -0.25) is 0 Å². The van der Waals surface area contributed by atoms with E-state index in [-0.39, 0.29) is 6.10 Å². The Bertz CT molecular complexity index is 443. The number of nitrogens with one attached hydrogen (secondary N) is 1. The lowest BCUT2D eigenvalue weighted by molar-refractivity contribution is 0.0411. The predicted molar refractivity (Wildman–Crippen MR) is 72.6 cm³/mol. The standard InChI is InChI=1S/C15H21NO3/c1-18-12-2-3-15-13(8-12)14(4-5-19-15)16-9-10-6-11(17)7-10/h2-3,8,10-11,14,16-17H,4-7,9H2,1H3. The van der Waals surface area contributed by atoms with Crippen molar-refractivity contribution in [3.8, 4) is 11.5 Å². The average Bonchev–Trinajstić information content (AvgIpc) is 2.41. The number of aliphatic hydroxyl groups excluding tert-OH is 1. The van der Waals surface area contributed by atoms with Crippen LogP contribution in [0.25, 0.3) is 0 Å². The molecule has 0 spiro atoms. The molecule has 1 aliphatic heterocycles. The van der Waals surface area contributed by atoms with E-state index in [1.165, 1.54) is 5.56 Å². The summed E-state index contributed by atoms with van der Waals surface area (Å²) in [7, 11) is 1.68. The summed E-state index contributed by atoms with van der Waals surface area (Å²) >= 11 is 0. The van der Waals surface area contributed by atoms with E-state index in [0.29, 0.717) is 12.0 Å². The van der Waals surface area contributed by atoms with Crippen LogP contribution < -0.4 is 14.8 Å². The van der Waals surface area contributed by atoms with Gasteiger partial charge < -0.3 is 19.9 Å². The van der Waals surface area contributed by atoms with E-state index in [4.69, 9.17) is 9.47 Å². The van der Waals surface area contributed by atoms with Crippen molar-refractivity contribution in [1.82, 2.24) is 5.32 Å². The van der Waals surface area contributed by atoms with Gasteiger partial charge in [0.15, 0.2) is 0 Å². The quantitative estimate of drug-likeness (QED) is 0.871. The number of methoxy groups -OCH3 is 1. The Morgan fingerprint density at radius 3 is 3.00 bits per heavy atom. The summed E-state index contributed by atoms with van der Waals surface area (Å²) in [5, 5.41) is 12.9. The highest BCUT2D eigenvalue weighted by Gasteiger charge is 2.29. The summed E-state index contributed by atoms with van der Waals surface area (Å²) in [6.45, 7) is 1.72. The fourth-order valence-corrected chi connectivity index (χ4v) is 2.89. The third-order valence-electron chi connectivity index (χ3n) is 4.12. The van der Waals surface area contributed by atoms with Gasteiger partial charge in [-0.05, 0) is 43.5 Å². The van der Waals surface area contributed by atoms with Gasteiger partial charge in [-0.2, -0.15) is 0 Å². The predicted octanol–water partition coefficient (Wildman–Crippen LogP) is 1.88. The van der Waals surface area contributed by atoms with Crippen molar-refractivity contribution in [3.63, 3.8) is 0 Å². The van der Waals surface area contributed by atoms with Crippen LogP contribution in [-0.2, 0) is 0 Å². The molecule has 1 aromatic rings. The van der Waals surface area contributed by atoms with Crippen LogP contribution in [0, 0.1) is 5.92 Å². The largest absolute Gasteiger partial charge is 0.497 e. The van der Waals surface area contributed by atoms with Gasteiger partial charge in [-0.15, -0.1) is 0 Å². The SMILES string of the molecule is COc1ccc2c(c1)C(NCC1CC(O)C1)CCO2. The minimum Gasteiger partial charge on any atom is -0.497 e. The van der Waals surface area contributed by atoms with Crippen LogP contribution in [0.3, 0.4) is 0 Å². The molecule has 1 aromatic carbocycles. The molecule has 1 fully saturated rings. The molecule has 0 radical (unpaired) electrons. The Morgan fingerprint density at radius 1 is 1.42 bits per heavy atom. The summed E-state index contributed by atoms with van der Waals surface area (Å²) in [5.74, 6) is 2.44. The van der Waals surface area contributed by atoms with Gasteiger partial charge in [-0.25, -0.2) is 0 Å². The first-order valence-electron chi connectivity index (χ1n) is 6.98. The van der Waals surface area contributed by atoms with Crippen LogP contribution in [0.1, 0.15) is 30.9 Å². The van der Waals surface area contributed by atoms with E-state index >= 15 is 0 Å². The smallest absolute Gasteiger partial charge is 0.124 e. The summed E-state index contributed by atoms with van der Waals surface area (Å²) < 4.78 is 11.0. The lowest BCUT2D eigenvalue weighted by Gasteiger charge is -2.34. The summed E-state index contributed by atoms with van der Waals surface area (Å²) in [6.07, 6.45) is 2.77. The number of hydrogen-bond donors (Lipinski definition) is 2. The Hall–Kier alpha value is -1.26. The van der Waals surface area contributed by atoms with Gasteiger partial charge >= 0.3 is 0 Å². The molecule has 0 saturated heterocycles. The van der Waals surface area contributed by atoms with Crippen LogP contribution >= 0.6 is 0 Å². The van der Waals surface area contributed by atoms with Crippen LogP contribution in [0.5, 0.6) is 11.5 Å². The zero-order valence-corrected chi connectivity index (χ0v) is 11.3. The third-order valence-corrected chi connectivity index (χ3v) is 4.12. The molecule has 0 bridgehead atoms. The minimum atomic E-state index is -0.0751. The second-order valence-corrected chi connectivity index (χ2v) is 5.49. The first kappa shape index (κ1) is 12.8. The zero-order valence-electron chi connectivity index (χ0n) is 11.3. The first-order chi connectivity index (χ1) is 9.26. The maximum Gasteiger partial charge on any atom is 0.124 e. The fourth-order valence-electron chi connectivity index (χ4n) is 2.89. The lowest BCUT2D eigenvalue weighted by Crippen LogP contribution is -2.38. The number of fused-ring (bicyclic) bond motifs is 1. The first-order valence-corrected chi connectivity index (χ1v) is 6.98. The molecule has 0 aromatic heterocycles. The molecule has 2 aliphatic rings. The van der Waals surface area contributed by atoms with E-state index in [1.54, 1.807) is 7.11 Å². The minimum absolute atomic E-state index is 0.0751. The highest BCUT2D eigenvalue weighted by Crippen LogP contribution is 2.35. The maximum absolute atomic E-state index is 9.32. The summed E-state index contributed by atoms with van der Waals surface area (Å²) in [5.41, 5.74) is 1.19. The van der Waals surface area contributed by atoms with Crippen LogP contribution in [0.15, 0.2) is 18.2 Å². The fraction of sp³-hybridized carbons (Fsp3) is 0.600. The van der Waals surface area contributed by atoms with Crippen molar-refractivity contribution in [1.29, 1.82) is 0 Å². The van der Waals surface area contributed by atoms with E-state index < -0.39 is 0 Å². The molecule has 1 aliphatic carbocycles. The molecule has 1 unspecified atom stereocenters. The van der Waals surface area contributed by atoms with Gasteiger partial charge in [0.2, 0.25) is 0 Å². The molecular weight excluding hydrogens is 242 g/mol. The number of ether oxygens (including phenoxy) is 2. The number of hydrogen-bond acceptors (Lipinski definition) is 4. The van der Waals surface area contributed by atoms with E-state index in [1.807, 2.05) is 12.1 Å². The summed E-state index contributed by atoms with van der Waals surface area (Å²) in [6, 6.07) is 6.30. The van der Waals surface area contributed by atoms with Gasteiger partial charge in [0, 0.05) is 18.0 Å². The van der Waals surface area contributed by atoms with Gasteiger partial charge in [-0.1, -0.05) is 0 Å². The summed E-state index contributed by atoms with van der Waals surface area (Å²) in [4.78, 5) is 0. The van der Waals surface area contributed by atoms with Crippen LogP contribution in [0.2, 0.25) is 0 Å². The molecule has 2 N–H and O–H groups in total. The zero-order chi connectivity index (χ0) is 13.2. The molecule has 1 saturated carbocycles. The molecule has 3 rings (SSSR count). The van der Waals surface area contributed by atoms with Crippen molar-refractivity contribution in [2.24, 2.45) is 5.92 Å². The van der Waals surface area contributed by atoms with Crippen molar-refractivity contribution in [3.05, 3.63) is 23.8 Å². The lowest BCUT2D eigenvalue weighted by atomic mass is 9.82. The van der Waals surface area contributed by atoms with Crippen LogP contribution in [0.4, 0.5) is 0 Å². The van der Waals surface area contributed by atoms with Gasteiger partial charge in [0.05, 0.1) is 19.8 Å². The van der Waals surface area contributed by atoms with Gasteiger partial charge in [0.25, 0.3) is 0 Å².